The number of benzene rings is 1. The maximum Gasteiger partial charge on any atom is 0.155 e. The number of hydrogen-bond acceptors (Lipinski definition) is 4. The molecule has 0 saturated heterocycles. The minimum absolute atomic E-state index is 0.686. The average Bonchev–Trinajstić information content (AvgIpc) is 3.29. The summed E-state index contributed by atoms with van der Waals surface area (Å²) in [5.41, 5.74) is 3.98. The molecule has 0 saturated carbocycles. The Morgan fingerprint density at radius 1 is 0.880 bits per heavy atom. The minimum atomic E-state index is 0.686. The molecule has 6 nitrogen and oxygen atoms in total. The van der Waals surface area contributed by atoms with Crippen LogP contribution in [0.25, 0.3) is 27.9 Å². The molecule has 6 heteroatoms. The molecule has 0 aliphatic heterocycles. The zero-order valence-corrected chi connectivity index (χ0v) is 13.3. The zero-order chi connectivity index (χ0) is 16.6. The van der Waals surface area contributed by atoms with Crippen molar-refractivity contribution in [2.75, 3.05) is 0 Å². The molecule has 5 rings (SSSR count). The van der Waals surface area contributed by atoms with E-state index in [1.54, 1.807) is 12.4 Å². The lowest BCUT2D eigenvalue weighted by Crippen LogP contribution is -2.04. The van der Waals surface area contributed by atoms with Gasteiger partial charge in [0.2, 0.25) is 0 Å². The van der Waals surface area contributed by atoms with Crippen molar-refractivity contribution in [2.24, 2.45) is 0 Å². The third-order valence-corrected chi connectivity index (χ3v) is 4.30. The second-order valence-corrected chi connectivity index (χ2v) is 5.84. The molecule has 0 aliphatic carbocycles. The topological polar surface area (TPSA) is 60.9 Å². The van der Waals surface area contributed by atoms with Crippen LogP contribution in [0, 0.1) is 0 Å². The van der Waals surface area contributed by atoms with Crippen molar-refractivity contribution in [2.45, 2.75) is 6.54 Å². The summed E-state index contributed by atoms with van der Waals surface area (Å²) in [7, 11) is 0. The third-order valence-electron chi connectivity index (χ3n) is 4.30. The molecule has 5 aromatic rings. The Balaban J connectivity index is 1.57. The van der Waals surface area contributed by atoms with Gasteiger partial charge in [-0.3, -0.25) is 14.4 Å². The molecule has 0 bridgehead atoms. The molecule has 0 aliphatic rings. The van der Waals surface area contributed by atoms with Gasteiger partial charge in [-0.2, -0.15) is 0 Å². The third kappa shape index (κ3) is 2.35. The van der Waals surface area contributed by atoms with Crippen LogP contribution in [-0.2, 0) is 6.54 Å². The molecule has 0 N–H and O–H groups in total. The number of fused-ring (bicyclic) bond motifs is 2. The smallest absolute Gasteiger partial charge is 0.155 e. The molecular weight excluding hydrogens is 312 g/mol. The van der Waals surface area contributed by atoms with Crippen molar-refractivity contribution in [3.05, 3.63) is 79.4 Å². The normalized spacial score (nSPS) is 11.4. The van der Waals surface area contributed by atoms with Gasteiger partial charge in [0, 0.05) is 41.9 Å². The van der Waals surface area contributed by atoms with Gasteiger partial charge in [-0.25, -0.2) is 9.97 Å². The van der Waals surface area contributed by atoms with E-state index >= 15 is 0 Å². The van der Waals surface area contributed by atoms with Crippen LogP contribution in [0.15, 0.2) is 73.7 Å². The van der Waals surface area contributed by atoms with Crippen molar-refractivity contribution >= 4 is 16.6 Å². The van der Waals surface area contributed by atoms with E-state index in [4.69, 9.17) is 0 Å². The van der Waals surface area contributed by atoms with Crippen molar-refractivity contribution in [1.82, 2.24) is 28.9 Å². The van der Waals surface area contributed by atoms with E-state index < -0.39 is 0 Å². The van der Waals surface area contributed by atoms with E-state index in [0.29, 0.717) is 6.54 Å². The first-order valence-electron chi connectivity index (χ1n) is 8.01. The Morgan fingerprint density at radius 2 is 1.88 bits per heavy atom. The summed E-state index contributed by atoms with van der Waals surface area (Å²) < 4.78 is 4.17. The molecule has 25 heavy (non-hydrogen) atoms. The predicted octanol–water partition coefficient (Wildman–Crippen LogP) is 3.19. The summed E-state index contributed by atoms with van der Waals surface area (Å²) in [5, 5.41) is 1.11. The van der Waals surface area contributed by atoms with Crippen LogP contribution in [0.2, 0.25) is 0 Å². The fraction of sp³-hybridized carbons (Fsp3) is 0.0526. The van der Waals surface area contributed by atoms with Crippen molar-refractivity contribution in [3.8, 4) is 11.4 Å². The second kappa shape index (κ2) is 5.52. The lowest BCUT2D eigenvalue weighted by Gasteiger charge is -2.08. The molecule has 0 radical (unpaired) electrons. The standard InChI is InChI=1S/C19H14N6/c1-2-14-10-15(3-4-17(14)21-5-1)19-22-7-8-24(19)13-16-11-23-18-12-20-6-9-25(16)18/h1-12H,13H2. The fourth-order valence-corrected chi connectivity index (χ4v) is 3.10. The van der Waals surface area contributed by atoms with E-state index in [0.717, 1.165) is 33.6 Å². The number of pyridine rings is 1. The number of aromatic nitrogens is 6. The van der Waals surface area contributed by atoms with E-state index in [1.165, 1.54) is 0 Å². The maximum atomic E-state index is 4.55. The Labute approximate surface area is 143 Å². The summed E-state index contributed by atoms with van der Waals surface area (Å²) in [6.07, 6.45) is 13.0. The quantitative estimate of drug-likeness (QED) is 0.511. The molecule has 4 heterocycles. The van der Waals surface area contributed by atoms with Gasteiger partial charge in [-0.1, -0.05) is 6.07 Å². The van der Waals surface area contributed by atoms with Crippen LogP contribution in [0.4, 0.5) is 0 Å². The summed E-state index contributed by atoms with van der Waals surface area (Å²) in [6.45, 7) is 0.686. The van der Waals surface area contributed by atoms with Crippen molar-refractivity contribution in [1.29, 1.82) is 0 Å². The molecular formula is C19H14N6. The average molecular weight is 326 g/mol. The van der Waals surface area contributed by atoms with E-state index in [2.05, 4.69) is 42.7 Å². The first kappa shape index (κ1) is 13.9. The van der Waals surface area contributed by atoms with Gasteiger partial charge in [-0.05, 0) is 24.3 Å². The highest BCUT2D eigenvalue weighted by Gasteiger charge is 2.10. The molecule has 120 valence electrons. The second-order valence-electron chi connectivity index (χ2n) is 5.84. The number of hydrogen-bond donors (Lipinski definition) is 0. The largest absolute Gasteiger partial charge is 0.325 e. The molecule has 0 unspecified atom stereocenters. The Bertz CT molecular complexity index is 1190. The van der Waals surface area contributed by atoms with E-state index in [-0.39, 0.29) is 0 Å². The van der Waals surface area contributed by atoms with Crippen LogP contribution in [0.5, 0.6) is 0 Å². The molecule has 0 atom stereocenters. The Hall–Kier alpha value is -3.54. The Kier molecular flexibility index (Phi) is 3.06. The van der Waals surface area contributed by atoms with Crippen LogP contribution < -0.4 is 0 Å². The van der Waals surface area contributed by atoms with Crippen LogP contribution >= 0.6 is 0 Å². The number of rotatable bonds is 3. The summed E-state index contributed by atoms with van der Waals surface area (Å²) in [4.78, 5) is 17.4. The molecule has 1 aromatic carbocycles. The summed E-state index contributed by atoms with van der Waals surface area (Å²) in [5.74, 6) is 0.926. The van der Waals surface area contributed by atoms with Gasteiger partial charge >= 0.3 is 0 Å². The van der Waals surface area contributed by atoms with Crippen molar-refractivity contribution in [3.63, 3.8) is 0 Å². The first-order valence-corrected chi connectivity index (χ1v) is 8.01. The predicted molar refractivity (Wildman–Crippen MR) is 95.1 cm³/mol. The van der Waals surface area contributed by atoms with Crippen molar-refractivity contribution < 1.29 is 0 Å². The van der Waals surface area contributed by atoms with Gasteiger partial charge in [0.15, 0.2) is 5.65 Å². The highest BCUT2D eigenvalue weighted by molar-refractivity contribution is 5.83. The van der Waals surface area contributed by atoms with E-state index in [1.807, 2.05) is 47.5 Å². The van der Waals surface area contributed by atoms with Gasteiger partial charge in [0.25, 0.3) is 0 Å². The van der Waals surface area contributed by atoms with Gasteiger partial charge in [0.05, 0.1) is 30.1 Å². The molecule has 0 amide bonds. The number of imidazole rings is 2. The Morgan fingerprint density at radius 3 is 2.88 bits per heavy atom. The summed E-state index contributed by atoms with van der Waals surface area (Å²) >= 11 is 0. The van der Waals surface area contributed by atoms with Crippen LogP contribution in [0.1, 0.15) is 5.69 Å². The fourth-order valence-electron chi connectivity index (χ4n) is 3.10. The lowest BCUT2D eigenvalue weighted by atomic mass is 10.1. The van der Waals surface area contributed by atoms with Gasteiger partial charge in [0.1, 0.15) is 5.82 Å². The highest BCUT2D eigenvalue weighted by atomic mass is 15.1. The van der Waals surface area contributed by atoms with Crippen LogP contribution in [-0.4, -0.2) is 28.9 Å². The van der Waals surface area contributed by atoms with E-state index in [9.17, 15) is 0 Å². The monoisotopic (exact) mass is 326 g/mol. The minimum Gasteiger partial charge on any atom is -0.325 e. The maximum absolute atomic E-state index is 4.55. The van der Waals surface area contributed by atoms with Crippen LogP contribution in [0.3, 0.4) is 0 Å². The first-order chi connectivity index (χ1) is 12.4. The zero-order valence-electron chi connectivity index (χ0n) is 13.3. The highest BCUT2D eigenvalue weighted by Crippen LogP contribution is 2.23. The molecule has 4 aromatic heterocycles. The summed E-state index contributed by atoms with van der Waals surface area (Å²) in [6, 6.07) is 10.2. The molecule has 0 spiro atoms. The molecule has 0 fully saturated rings. The lowest BCUT2D eigenvalue weighted by molar-refractivity contribution is 0.772. The van der Waals surface area contributed by atoms with Gasteiger partial charge < -0.3 is 4.57 Å². The van der Waals surface area contributed by atoms with Gasteiger partial charge in [-0.15, -0.1) is 0 Å². The SMILES string of the molecule is c1cnc2ccc(-c3nccn3Cc3cnc4cnccn34)cc2c1. The number of nitrogens with zero attached hydrogens (tertiary/aromatic N) is 6.